The van der Waals surface area contributed by atoms with E-state index in [9.17, 15) is 9.59 Å². The molecule has 1 aliphatic rings. The summed E-state index contributed by atoms with van der Waals surface area (Å²) in [6, 6.07) is 0. The second-order valence-corrected chi connectivity index (χ2v) is 3.70. The summed E-state index contributed by atoms with van der Waals surface area (Å²) in [6.45, 7) is 2.38. The van der Waals surface area contributed by atoms with Crippen LogP contribution in [0.4, 0.5) is 0 Å². The minimum absolute atomic E-state index is 0.0692. The number of ether oxygens (including phenoxy) is 1. The minimum Gasteiger partial charge on any atom is -0.381 e. The molecule has 0 bridgehead atoms. The smallest absolute Gasteiger partial charge is 0.217 e. The van der Waals surface area contributed by atoms with Crippen molar-refractivity contribution in [3.63, 3.8) is 0 Å². The predicted molar refractivity (Wildman–Crippen MR) is 52.3 cm³/mol. The Morgan fingerprint density at radius 2 is 2.00 bits per heavy atom. The third-order valence-corrected chi connectivity index (χ3v) is 2.66. The molecular formula is C9H14ClNO3. The van der Waals surface area contributed by atoms with Crippen LogP contribution in [0.5, 0.6) is 0 Å². The number of ketones is 1. The Morgan fingerprint density at radius 3 is 2.43 bits per heavy atom. The van der Waals surface area contributed by atoms with Gasteiger partial charge in [-0.2, -0.15) is 0 Å². The van der Waals surface area contributed by atoms with Crippen molar-refractivity contribution < 1.29 is 14.3 Å². The number of carbonyl (C=O) groups is 2. The normalized spacial score (nSPS) is 20.1. The number of rotatable bonds is 3. The molecule has 1 amide bonds. The third-order valence-electron chi connectivity index (χ3n) is 2.42. The van der Waals surface area contributed by atoms with Crippen LogP contribution in [0.15, 0.2) is 0 Å². The highest BCUT2D eigenvalue weighted by atomic mass is 35.5. The Kier molecular flexibility index (Phi) is 3.89. The van der Waals surface area contributed by atoms with Crippen molar-refractivity contribution in [2.24, 2.45) is 0 Å². The van der Waals surface area contributed by atoms with Gasteiger partial charge in [-0.3, -0.25) is 9.59 Å². The van der Waals surface area contributed by atoms with Gasteiger partial charge in [0, 0.05) is 33.0 Å². The molecule has 1 rings (SSSR count). The predicted octanol–water partition coefficient (Wildman–Crippen LogP) is 0.480. The fraction of sp³-hybridized carbons (Fsp3) is 0.778. The lowest BCUT2D eigenvalue weighted by Crippen LogP contribution is -2.57. The van der Waals surface area contributed by atoms with Gasteiger partial charge in [-0.15, -0.1) is 11.6 Å². The first-order chi connectivity index (χ1) is 6.60. The van der Waals surface area contributed by atoms with Gasteiger partial charge in [0.05, 0.1) is 5.88 Å². The second kappa shape index (κ2) is 4.75. The quantitative estimate of drug-likeness (QED) is 0.703. The first-order valence-electron chi connectivity index (χ1n) is 4.56. The molecule has 14 heavy (non-hydrogen) atoms. The lowest BCUT2D eigenvalue weighted by atomic mass is 9.86. The number of hydrogen-bond donors (Lipinski definition) is 1. The molecule has 0 aromatic heterocycles. The molecule has 0 radical (unpaired) electrons. The van der Waals surface area contributed by atoms with E-state index in [0.29, 0.717) is 26.1 Å². The zero-order valence-electron chi connectivity index (χ0n) is 8.14. The highest BCUT2D eigenvalue weighted by molar-refractivity contribution is 6.29. The summed E-state index contributed by atoms with van der Waals surface area (Å²) in [6.07, 6.45) is 1.02. The van der Waals surface area contributed by atoms with Crippen molar-refractivity contribution in [3.05, 3.63) is 0 Å². The first-order valence-corrected chi connectivity index (χ1v) is 5.10. The van der Waals surface area contributed by atoms with Gasteiger partial charge in [0.1, 0.15) is 5.54 Å². The van der Waals surface area contributed by atoms with E-state index < -0.39 is 5.54 Å². The molecule has 0 aromatic carbocycles. The number of Topliss-reactive ketones (excluding diaryl/α,β-unsaturated/α-hetero) is 1. The number of nitrogens with one attached hydrogen (secondary N) is 1. The second-order valence-electron chi connectivity index (χ2n) is 3.43. The van der Waals surface area contributed by atoms with Crippen LogP contribution in [-0.4, -0.2) is 36.3 Å². The van der Waals surface area contributed by atoms with Gasteiger partial charge in [-0.25, -0.2) is 0 Å². The number of amides is 1. The highest BCUT2D eigenvalue weighted by Crippen LogP contribution is 2.22. The molecule has 0 aliphatic carbocycles. The number of hydrogen-bond acceptors (Lipinski definition) is 3. The van der Waals surface area contributed by atoms with Gasteiger partial charge >= 0.3 is 0 Å². The zero-order valence-corrected chi connectivity index (χ0v) is 8.89. The lowest BCUT2D eigenvalue weighted by Gasteiger charge is -2.35. The van der Waals surface area contributed by atoms with Crippen molar-refractivity contribution in [1.29, 1.82) is 0 Å². The molecule has 80 valence electrons. The van der Waals surface area contributed by atoms with Crippen molar-refractivity contribution >= 4 is 23.3 Å². The zero-order chi connectivity index (χ0) is 10.6. The van der Waals surface area contributed by atoms with Crippen molar-refractivity contribution in [1.82, 2.24) is 5.32 Å². The average molecular weight is 220 g/mol. The van der Waals surface area contributed by atoms with Crippen LogP contribution >= 0.6 is 11.6 Å². The maximum absolute atomic E-state index is 11.6. The largest absolute Gasteiger partial charge is 0.381 e. The molecule has 5 heteroatoms. The fourth-order valence-corrected chi connectivity index (χ4v) is 1.91. The Balaban J connectivity index is 2.76. The highest BCUT2D eigenvalue weighted by Gasteiger charge is 2.39. The molecule has 0 spiro atoms. The van der Waals surface area contributed by atoms with Crippen LogP contribution in [0.1, 0.15) is 19.8 Å². The van der Waals surface area contributed by atoms with E-state index >= 15 is 0 Å². The Morgan fingerprint density at radius 1 is 1.43 bits per heavy atom. The Labute approximate surface area is 87.9 Å². The van der Waals surface area contributed by atoms with E-state index in [1.54, 1.807) is 0 Å². The van der Waals surface area contributed by atoms with Gasteiger partial charge in [0.2, 0.25) is 5.91 Å². The summed E-state index contributed by atoms with van der Waals surface area (Å²) >= 11 is 5.52. The summed E-state index contributed by atoms with van der Waals surface area (Å²) in [5.74, 6) is -0.400. The van der Waals surface area contributed by atoms with Crippen molar-refractivity contribution in [3.8, 4) is 0 Å². The van der Waals surface area contributed by atoms with Gasteiger partial charge < -0.3 is 10.1 Å². The fourth-order valence-electron chi connectivity index (χ4n) is 1.66. The minimum atomic E-state index is -0.786. The van der Waals surface area contributed by atoms with Gasteiger partial charge in [-0.1, -0.05) is 0 Å². The molecule has 1 heterocycles. The summed E-state index contributed by atoms with van der Waals surface area (Å²) in [5, 5.41) is 2.69. The van der Waals surface area contributed by atoms with E-state index in [2.05, 4.69) is 5.32 Å². The van der Waals surface area contributed by atoms with Gasteiger partial charge in [-0.05, 0) is 0 Å². The van der Waals surface area contributed by atoms with E-state index in [-0.39, 0.29) is 17.6 Å². The third kappa shape index (κ3) is 2.45. The molecule has 4 nitrogen and oxygen atoms in total. The maximum atomic E-state index is 11.6. The molecule has 1 fully saturated rings. The molecular weight excluding hydrogens is 206 g/mol. The van der Waals surface area contributed by atoms with Crippen LogP contribution < -0.4 is 5.32 Å². The number of alkyl halides is 1. The summed E-state index contributed by atoms with van der Waals surface area (Å²) in [5.41, 5.74) is -0.786. The van der Waals surface area contributed by atoms with Gasteiger partial charge in [0.25, 0.3) is 0 Å². The summed E-state index contributed by atoms with van der Waals surface area (Å²) < 4.78 is 5.15. The van der Waals surface area contributed by atoms with E-state index in [4.69, 9.17) is 16.3 Å². The molecule has 0 aromatic rings. The molecule has 1 saturated heterocycles. The van der Waals surface area contributed by atoms with Crippen LogP contribution in [0.2, 0.25) is 0 Å². The Bertz CT molecular complexity index is 236. The number of carbonyl (C=O) groups excluding carboxylic acids is 2. The maximum Gasteiger partial charge on any atom is 0.217 e. The molecule has 0 saturated carbocycles. The molecule has 1 aliphatic heterocycles. The van der Waals surface area contributed by atoms with E-state index in [1.807, 2.05) is 0 Å². The number of halogens is 1. The molecule has 0 atom stereocenters. The SMILES string of the molecule is CC(=O)NC1(C(=O)CCl)CCOCC1. The van der Waals surface area contributed by atoms with Crippen LogP contribution in [0.25, 0.3) is 0 Å². The van der Waals surface area contributed by atoms with Gasteiger partial charge in [0.15, 0.2) is 5.78 Å². The summed E-state index contributed by atoms with van der Waals surface area (Å²) in [4.78, 5) is 22.6. The van der Waals surface area contributed by atoms with Crippen molar-refractivity contribution in [2.45, 2.75) is 25.3 Å². The van der Waals surface area contributed by atoms with Crippen LogP contribution in [0, 0.1) is 0 Å². The van der Waals surface area contributed by atoms with E-state index in [1.165, 1.54) is 6.92 Å². The molecule has 1 N–H and O–H groups in total. The monoisotopic (exact) mass is 219 g/mol. The van der Waals surface area contributed by atoms with Crippen LogP contribution in [0.3, 0.4) is 0 Å². The Hall–Kier alpha value is -0.610. The molecule has 0 unspecified atom stereocenters. The topological polar surface area (TPSA) is 55.4 Å². The lowest BCUT2D eigenvalue weighted by molar-refractivity contribution is -0.133. The standard InChI is InChI=1S/C9H14ClNO3/c1-7(12)11-9(8(13)6-10)2-4-14-5-3-9/h2-6H2,1H3,(H,11,12). The summed E-state index contributed by atoms with van der Waals surface area (Å²) in [7, 11) is 0. The van der Waals surface area contributed by atoms with Crippen molar-refractivity contribution in [2.75, 3.05) is 19.1 Å². The first kappa shape index (κ1) is 11.5. The van der Waals surface area contributed by atoms with Crippen LogP contribution in [-0.2, 0) is 14.3 Å². The van der Waals surface area contributed by atoms with E-state index in [0.717, 1.165) is 0 Å². The average Bonchev–Trinajstić information content (AvgIpc) is 2.17.